The van der Waals surface area contributed by atoms with Gasteiger partial charge in [0.15, 0.2) is 6.61 Å². The van der Waals surface area contributed by atoms with Gasteiger partial charge in [0.2, 0.25) is 0 Å². The van der Waals surface area contributed by atoms with E-state index in [1.807, 2.05) is 0 Å². The van der Waals surface area contributed by atoms with Gasteiger partial charge < -0.3 is 14.2 Å². The van der Waals surface area contributed by atoms with Crippen molar-refractivity contribution in [1.82, 2.24) is 0 Å². The smallest absolute Gasteiger partial charge is 0.344 e. The third kappa shape index (κ3) is 7.15. The molecule has 1 aromatic rings. The maximum absolute atomic E-state index is 11.5. The standard InChI is InChI=1S/C16H20O5/c1-16(2,3)21-15(18)11-20-13-8-5-12(6-9-13)7-10-14(17)19-4/h5-10H,11H2,1-4H3. The van der Waals surface area contributed by atoms with Gasteiger partial charge in [-0.15, -0.1) is 0 Å². The van der Waals surface area contributed by atoms with E-state index >= 15 is 0 Å². The molecule has 0 aliphatic heterocycles. The summed E-state index contributed by atoms with van der Waals surface area (Å²) in [7, 11) is 1.32. The highest BCUT2D eigenvalue weighted by atomic mass is 16.6. The molecule has 0 N–H and O–H groups in total. The van der Waals surface area contributed by atoms with E-state index in [9.17, 15) is 9.59 Å². The zero-order valence-corrected chi connectivity index (χ0v) is 12.7. The van der Waals surface area contributed by atoms with E-state index in [4.69, 9.17) is 9.47 Å². The molecule has 0 saturated heterocycles. The summed E-state index contributed by atoms with van der Waals surface area (Å²) in [4.78, 5) is 22.5. The Bertz CT molecular complexity index is 508. The Morgan fingerprint density at radius 1 is 1.14 bits per heavy atom. The largest absolute Gasteiger partial charge is 0.482 e. The SMILES string of the molecule is COC(=O)C=Cc1ccc(OCC(=O)OC(C)(C)C)cc1. The molecule has 0 aliphatic carbocycles. The van der Waals surface area contributed by atoms with Crippen LogP contribution < -0.4 is 4.74 Å². The number of rotatable bonds is 5. The summed E-state index contributed by atoms with van der Waals surface area (Å²) in [6.45, 7) is 5.25. The second-order valence-corrected chi connectivity index (χ2v) is 5.30. The minimum atomic E-state index is -0.525. The predicted molar refractivity (Wildman–Crippen MR) is 78.8 cm³/mol. The molecule has 0 heterocycles. The van der Waals surface area contributed by atoms with Gasteiger partial charge in [-0.3, -0.25) is 0 Å². The monoisotopic (exact) mass is 292 g/mol. The molecule has 0 amide bonds. The predicted octanol–water partition coefficient (Wildman–Crippen LogP) is 2.59. The molecule has 0 atom stereocenters. The lowest BCUT2D eigenvalue weighted by Crippen LogP contribution is -2.27. The van der Waals surface area contributed by atoms with Crippen LogP contribution in [0.25, 0.3) is 6.08 Å². The summed E-state index contributed by atoms with van der Waals surface area (Å²) in [6.07, 6.45) is 2.96. The normalized spacial score (nSPS) is 11.2. The second-order valence-electron chi connectivity index (χ2n) is 5.30. The number of hydrogen-bond acceptors (Lipinski definition) is 5. The lowest BCUT2D eigenvalue weighted by molar-refractivity contribution is -0.157. The van der Waals surface area contributed by atoms with Gasteiger partial charge in [0.25, 0.3) is 0 Å². The average Bonchev–Trinajstić information content (AvgIpc) is 2.41. The number of carbonyl (C=O) groups excluding carboxylic acids is 2. The van der Waals surface area contributed by atoms with Crippen LogP contribution in [0.5, 0.6) is 5.75 Å². The molecule has 1 rings (SSSR count). The van der Waals surface area contributed by atoms with E-state index in [1.165, 1.54) is 13.2 Å². The zero-order valence-electron chi connectivity index (χ0n) is 12.7. The quantitative estimate of drug-likeness (QED) is 0.616. The molecule has 0 spiro atoms. The second kappa shape index (κ2) is 7.47. The Morgan fingerprint density at radius 2 is 1.76 bits per heavy atom. The average molecular weight is 292 g/mol. The van der Waals surface area contributed by atoms with Gasteiger partial charge >= 0.3 is 11.9 Å². The van der Waals surface area contributed by atoms with Crippen molar-refractivity contribution in [1.29, 1.82) is 0 Å². The fraction of sp³-hybridized carbons (Fsp3) is 0.375. The van der Waals surface area contributed by atoms with Crippen molar-refractivity contribution in [3.63, 3.8) is 0 Å². The molecule has 114 valence electrons. The molecule has 0 aromatic heterocycles. The molecule has 0 unspecified atom stereocenters. The summed E-state index contributed by atoms with van der Waals surface area (Å²) in [6, 6.07) is 6.95. The van der Waals surface area contributed by atoms with Crippen molar-refractivity contribution < 1.29 is 23.8 Å². The molecule has 0 saturated carbocycles. The summed E-state index contributed by atoms with van der Waals surface area (Å²) in [5.41, 5.74) is 0.299. The van der Waals surface area contributed by atoms with E-state index in [-0.39, 0.29) is 6.61 Å². The van der Waals surface area contributed by atoms with Crippen molar-refractivity contribution in [2.45, 2.75) is 26.4 Å². The molecule has 5 heteroatoms. The molecule has 5 nitrogen and oxygen atoms in total. The first-order chi connectivity index (χ1) is 9.80. The highest BCUT2D eigenvalue weighted by Crippen LogP contribution is 2.14. The van der Waals surface area contributed by atoms with Crippen LogP contribution >= 0.6 is 0 Å². The van der Waals surface area contributed by atoms with Gasteiger partial charge in [-0.1, -0.05) is 12.1 Å². The third-order valence-corrected chi connectivity index (χ3v) is 2.27. The number of methoxy groups -OCH3 is 1. The summed E-state index contributed by atoms with van der Waals surface area (Å²) < 4.78 is 15.0. The van der Waals surface area contributed by atoms with E-state index in [1.54, 1.807) is 51.1 Å². The molecule has 0 bridgehead atoms. The first-order valence-corrected chi connectivity index (χ1v) is 6.51. The van der Waals surface area contributed by atoms with Crippen LogP contribution in [0.1, 0.15) is 26.3 Å². The first-order valence-electron chi connectivity index (χ1n) is 6.51. The van der Waals surface area contributed by atoms with Crippen LogP contribution in [0.15, 0.2) is 30.3 Å². The number of ether oxygens (including phenoxy) is 3. The Balaban J connectivity index is 2.50. The Kier molecular flexibility index (Phi) is 5.96. The van der Waals surface area contributed by atoms with Crippen LogP contribution in [-0.4, -0.2) is 31.3 Å². The van der Waals surface area contributed by atoms with Gasteiger partial charge in [-0.2, -0.15) is 0 Å². The maximum atomic E-state index is 11.5. The minimum Gasteiger partial charge on any atom is -0.482 e. The van der Waals surface area contributed by atoms with Gasteiger partial charge in [0.1, 0.15) is 11.4 Å². The number of esters is 2. The molecule has 1 aromatic carbocycles. The summed E-state index contributed by atoms with van der Waals surface area (Å²) in [5.74, 6) is -0.284. The van der Waals surface area contributed by atoms with E-state index in [2.05, 4.69) is 4.74 Å². The minimum absolute atomic E-state index is 0.144. The number of benzene rings is 1. The van der Waals surface area contributed by atoms with Gasteiger partial charge in [-0.05, 0) is 44.5 Å². The van der Waals surface area contributed by atoms with Crippen LogP contribution in [0.3, 0.4) is 0 Å². The first kappa shape index (κ1) is 16.8. The Morgan fingerprint density at radius 3 is 2.29 bits per heavy atom. The van der Waals surface area contributed by atoms with E-state index in [0.717, 1.165) is 5.56 Å². The molecule has 21 heavy (non-hydrogen) atoms. The highest BCUT2D eigenvalue weighted by molar-refractivity contribution is 5.86. The van der Waals surface area contributed by atoms with Crippen molar-refractivity contribution in [2.75, 3.05) is 13.7 Å². The molecule has 0 radical (unpaired) electrons. The number of hydrogen-bond donors (Lipinski definition) is 0. The lowest BCUT2D eigenvalue weighted by Gasteiger charge is -2.19. The maximum Gasteiger partial charge on any atom is 0.344 e. The van der Waals surface area contributed by atoms with Crippen LogP contribution in [0.4, 0.5) is 0 Å². The Labute approximate surface area is 124 Å². The van der Waals surface area contributed by atoms with Gasteiger partial charge in [0, 0.05) is 6.08 Å². The fourth-order valence-corrected chi connectivity index (χ4v) is 1.42. The molecule has 0 aliphatic rings. The molecular formula is C16H20O5. The van der Waals surface area contributed by atoms with Crippen LogP contribution in [0.2, 0.25) is 0 Å². The topological polar surface area (TPSA) is 61.8 Å². The lowest BCUT2D eigenvalue weighted by atomic mass is 10.2. The summed E-state index contributed by atoms with van der Waals surface area (Å²) >= 11 is 0. The van der Waals surface area contributed by atoms with Gasteiger partial charge in [0.05, 0.1) is 7.11 Å². The van der Waals surface area contributed by atoms with Crippen molar-refractivity contribution in [2.24, 2.45) is 0 Å². The fourth-order valence-electron chi connectivity index (χ4n) is 1.42. The number of carbonyl (C=O) groups is 2. The van der Waals surface area contributed by atoms with E-state index < -0.39 is 17.5 Å². The van der Waals surface area contributed by atoms with Gasteiger partial charge in [-0.25, -0.2) is 9.59 Å². The molecular weight excluding hydrogens is 272 g/mol. The van der Waals surface area contributed by atoms with E-state index in [0.29, 0.717) is 5.75 Å². The van der Waals surface area contributed by atoms with Crippen LogP contribution in [-0.2, 0) is 19.1 Å². The zero-order chi connectivity index (χ0) is 15.9. The highest BCUT2D eigenvalue weighted by Gasteiger charge is 2.16. The summed E-state index contributed by atoms with van der Waals surface area (Å²) in [5, 5.41) is 0. The molecule has 0 fully saturated rings. The Hall–Kier alpha value is -2.30. The third-order valence-electron chi connectivity index (χ3n) is 2.27. The van der Waals surface area contributed by atoms with Crippen molar-refractivity contribution in [3.05, 3.63) is 35.9 Å². The van der Waals surface area contributed by atoms with Crippen LogP contribution in [0, 0.1) is 0 Å². The van der Waals surface area contributed by atoms with Crippen molar-refractivity contribution >= 4 is 18.0 Å². The van der Waals surface area contributed by atoms with Crippen molar-refractivity contribution in [3.8, 4) is 5.75 Å².